The standard InChI is InChI=1S/C16H17NO4/c1-3-20-15(18)14(16(19)21-4-2)13(10-11-17)12-8-6-5-7-9-12/h5-9H,3-4,10H2,1-2H3. The molecular formula is C16H17NO4. The minimum Gasteiger partial charge on any atom is -0.462 e. The lowest BCUT2D eigenvalue weighted by molar-refractivity contribution is -0.146. The fourth-order valence-electron chi connectivity index (χ4n) is 1.79. The maximum Gasteiger partial charge on any atom is 0.345 e. The van der Waals surface area contributed by atoms with Gasteiger partial charge in [-0.3, -0.25) is 0 Å². The summed E-state index contributed by atoms with van der Waals surface area (Å²) in [4.78, 5) is 24.1. The van der Waals surface area contributed by atoms with Gasteiger partial charge in [-0.1, -0.05) is 30.3 Å². The highest BCUT2D eigenvalue weighted by Gasteiger charge is 2.26. The maximum absolute atomic E-state index is 12.1. The van der Waals surface area contributed by atoms with Gasteiger partial charge in [-0.25, -0.2) is 9.59 Å². The van der Waals surface area contributed by atoms with E-state index in [1.165, 1.54) is 0 Å². The Morgan fingerprint density at radius 2 is 1.57 bits per heavy atom. The van der Waals surface area contributed by atoms with Crippen molar-refractivity contribution in [3.63, 3.8) is 0 Å². The predicted octanol–water partition coefficient (Wildman–Crippen LogP) is 2.48. The minimum atomic E-state index is -0.773. The molecule has 1 aromatic rings. The van der Waals surface area contributed by atoms with Crippen molar-refractivity contribution < 1.29 is 19.1 Å². The average molecular weight is 287 g/mol. The van der Waals surface area contributed by atoms with Crippen LogP contribution in [0.3, 0.4) is 0 Å². The third-order valence-corrected chi connectivity index (χ3v) is 2.64. The number of hydrogen-bond donors (Lipinski definition) is 0. The van der Waals surface area contributed by atoms with Gasteiger partial charge in [0.15, 0.2) is 0 Å². The van der Waals surface area contributed by atoms with Crippen molar-refractivity contribution in [2.24, 2.45) is 0 Å². The summed E-state index contributed by atoms with van der Waals surface area (Å²) >= 11 is 0. The summed E-state index contributed by atoms with van der Waals surface area (Å²) in [7, 11) is 0. The van der Waals surface area contributed by atoms with Gasteiger partial charge >= 0.3 is 11.9 Å². The lowest BCUT2D eigenvalue weighted by Crippen LogP contribution is -2.20. The van der Waals surface area contributed by atoms with Crippen molar-refractivity contribution in [1.29, 1.82) is 5.26 Å². The molecule has 0 N–H and O–H groups in total. The summed E-state index contributed by atoms with van der Waals surface area (Å²) < 4.78 is 9.83. The molecule has 0 spiro atoms. The van der Waals surface area contributed by atoms with Gasteiger partial charge in [-0.05, 0) is 25.0 Å². The van der Waals surface area contributed by atoms with Crippen LogP contribution in [0.15, 0.2) is 35.9 Å². The first-order valence-electron chi connectivity index (χ1n) is 6.65. The molecule has 0 heterocycles. The molecule has 0 saturated heterocycles. The zero-order valence-electron chi connectivity index (χ0n) is 12.1. The van der Waals surface area contributed by atoms with Crippen molar-refractivity contribution in [3.8, 4) is 6.07 Å². The van der Waals surface area contributed by atoms with Crippen LogP contribution in [0, 0.1) is 11.3 Å². The average Bonchev–Trinajstić information content (AvgIpc) is 2.48. The number of nitriles is 1. The van der Waals surface area contributed by atoms with Crippen LogP contribution in [0.25, 0.3) is 5.57 Å². The van der Waals surface area contributed by atoms with E-state index in [2.05, 4.69) is 0 Å². The van der Waals surface area contributed by atoms with Gasteiger partial charge in [0.25, 0.3) is 0 Å². The lowest BCUT2D eigenvalue weighted by Gasteiger charge is -2.12. The Balaban J connectivity index is 3.41. The highest BCUT2D eigenvalue weighted by Crippen LogP contribution is 2.24. The number of esters is 2. The molecule has 0 fully saturated rings. The largest absolute Gasteiger partial charge is 0.462 e. The van der Waals surface area contributed by atoms with Crippen LogP contribution in [0.2, 0.25) is 0 Å². The molecule has 0 bridgehead atoms. The fraction of sp³-hybridized carbons (Fsp3) is 0.312. The Hall–Kier alpha value is -2.61. The van der Waals surface area contributed by atoms with Crippen LogP contribution in [0.1, 0.15) is 25.8 Å². The molecule has 0 atom stereocenters. The van der Waals surface area contributed by atoms with Crippen LogP contribution in [0.4, 0.5) is 0 Å². The van der Waals surface area contributed by atoms with Crippen LogP contribution >= 0.6 is 0 Å². The van der Waals surface area contributed by atoms with E-state index in [-0.39, 0.29) is 25.2 Å². The summed E-state index contributed by atoms with van der Waals surface area (Å²) in [6, 6.07) is 10.8. The van der Waals surface area contributed by atoms with Gasteiger partial charge in [0.05, 0.1) is 25.7 Å². The molecule has 0 aliphatic heterocycles. The number of carbonyl (C=O) groups is 2. The van der Waals surface area contributed by atoms with Gasteiger partial charge < -0.3 is 9.47 Å². The van der Waals surface area contributed by atoms with E-state index in [1.807, 2.05) is 12.1 Å². The summed E-state index contributed by atoms with van der Waals surface area (Å²) in [5, 5.41) is 8.98. The quantitative estimate of drug-likeness (QED) is 0.348. The van der Waals surface area contributed by atoms with Crippen molar-refractivity contribution in [2.75, 3.05) is 13.2 Å². The number of ether oxygens (including phenoxy) is 2. The normalized spacial score (nSPS) is 9.38. The molecule has 5 heteroatoms. The third kappa shape index (κ3) is 4.46. The van der Waals surface area contributed by atoms with E-state index < -0.39 is 11.9 Å². The Morgan fingerprint density at radius 3 is 2.00 bits per heavy atom. The van der Waals surface area contributed by atoms with Crippen molar-refractivity contribution in [2.45, 2.75) is 20.3 Å². The Labute approximate surface area is 123 Å². The van der Waals surface area contributed by atoms with Crippen LogP contribution in [-0.4, -0.2) is 25.2 Å². The van der Waals surface area contributed by atoms with Crippen LogP contribution < -0.4 is 0 Å². The molecule has 0 aliphatic carbocycles. The second kappa shape index (κ2) is 8.54. The number of hydrogen-bond acceptors (Lipinski definition) is 5. The third-order valence-electron chi connectivity index (χ3n) is 2.64. The molecule has 0 radical (unpaired) electrons. The Bertz CT molecular complexity index is 550. The number of rotatable bonds is 6. The molecule has 21 heavy (non-hydrogen) atoms. The molecule has 1 rings (SSSR count). The highest BCUT2D eigenvalue weighted by atomic mass is 16.6. The minimum absolute atomic E-state index is 0.0863. The molecule has 5 nitrogen and oxygen atoms in total. The second-order valence-electron chi connectivity index (χ2n) is 4.00. The first-order valence-corrected chi connectivity index (χ1v) is 6.65. The molecule has 1 aromatic carbocycles. The van der Waals surface area contributed by atoms with Crippen molar-refractivity contribution in [3.05, 3.63) is 41.5 Å². The van der Waals surface area contributed by atoms with Gasteiger partial charge in [-0.15, -0.1) is 0 Å². The Morgan fingerprint density at radius 1 is 1.05 bits per heavy atom. The van der Waals surface area contributed by atoms with E-state index in [1.54, 1.807) is 38.1 Å². The van der Waals surface area contributed by atoms with Gasteiger partial charge in [-0.2, -0.15) is 5.26 Å². The molecule has 0 aromatic heterocycles. The maximum atomic E-state index is 12.1. The van der Waals surface area contributed by atoms with Crippen molar-refractivity contribution >= 4 is 17.5 Å². The van der Waals surface area contributed by atoms with Crippen LogP contribution in [0.5, 0.6) is 0 Å². The Kier molecular flexibility index (Phi) is 6.69. The summed E-state index contributed by atoms with van der Waals surface area (Å²) in [6.07, 6.45) is -0.0863. The van der Waals surface area contributed by atoms with Gasteiger partial charge in [0.1, 0.15) is 5.57 Å². The predicted molar refractivity (Wildman–Crippen MR) is 76.9 cm³/mol. The van der Waals surface area contributed by atoms with E-state index in [9.17, 15) is 9.59 Å². The summed E-state index contributed by atoms with van der Waals surface area (Å²) in [5.41, 5.74) is 0.719. The molecule has 0 aliphatic rings. The second-order valence-corrected chi connectivity index (χ2v) is 4.00. The topological polar surface area (TPSA) is 76.4 Å². The van der Waals surface area contributed by atoms with Gasteiger partial charge in [0, 0.05) is 0 Å². The number of nitrogens with zero attached hydrogens (tertiary/aromatic N) is 1. The highest BCUT2D eigenvalue weighted by molar-refractivity contribution is 6.20. The molecule has 0 amide bonds. The van der Waals surface area contributed by atoms with E-state index in [0.29, 0.717) is 11.1 Å². The van der Waals surface area contributed by atoms with E-state index in [4.69, 9.17) is 14.7 Å². The summed E-state index contributed by atoms with van der Waals surface area (Å²) in [5.74, 6) is -1.55. The fourth-order valence-corrected chi connectivity index (χ4v) is 1.79. The van der Waals surface area contributed by atoms with Crippen molar-refractivity contribution in [1.82, 2.24) is 0 Å². The SMILES string of the molecule is CCOC(=O)C(C(=O)OCC)=C(CC#N)c1ccccc1. The number of benzene rings is 1. The first kappa shape index (κ1) is 16.4. The van der Waals surface area contributed by atoms with E-state index in [0.717, 1.165) is 0 Å². The molecule has 0 saturated carbocycles. The molecular weight excluding hydrogens is 270 g/mol. The smallest absolute Gasteiger partial charge is 0.345 e. The van der Waals surface area contributed by atoms with Gasteiger partial charge in [0.2, 0.25) is 0 Å². The zero-order chi connectivity index (χ0) is 15.7. The van der Waals surface area contributed by atoms with Crippen LogP contribution in [-0.2, 0) is 19.1 Å². The molecule has 0 unspecified atom stereocenters. The first-order chi connectivity index (χ1) is 10.2. The van der Waals surface area contributed by atoms with E-state index >= 15 is 0 Å². The monoisotopic (exact) mass is 287 g/mol. The number of allylic oxidation sites excluding steroid dienone is 1. The lowest BCUT2D eigenvalue weighted by atomic mass is 9.97. The number of carbonyl (C=O) groups excluding carboxylic acids is 2. The summed E-state index contributed by atoms with van der Waals surface area (Å²) in [6.45, 7) is 3.56. The zero-order valence-corrected chi connectivity index (χ0v) is 12.1. The molecule has 110 valence electrons.